The van der Waals surface area contributed by atoms with E-state index >= 15 is 0 Å². The number of hydrogen-bond donors (Lipinski definition) is 0. The van der Waals surface area contributed by atoms with E-state index in [1.807, 2.05) is 0 Å². The largest absolute Gasteiger partial charge is 0.238 e. The van der Waals surface area contributed by atoms with Gasteiger partial charge in [-0.2, -0.15) is 0 Å². The zero-order valence-corrected chi connectivity index (χ0v) is 8.39. The fraction of sp³-hybridized carbons (Fsp3) is 1.00. The van der Waals surface area contributed by atoms with Gasteiger partial charge >= 0.3 is 0 Å². The first kappa shape index (κ1) is 10.0. The fourth-order valence-electron chi connectivity index (χ4n) is 1.90. The number of hydrogen-bond acceptors (Lipinski definition) is 0. The van der Waals surface area contributed by atoms with Gasteiger partial charge in [0.1, 0.15) is 0 Å². The number of piperidine rings is 1. The molecule has 1 radical (unpaired) electrons. The molecule has 0 amide bonds. The highest BCUT2D eigenvalue weighted by Crippen LogP contribution is 2.15. The Balaban J connectivity index is 1.91. The highest BCUT2D eigenvalue weighted by molar-refractivity contribution is 4.71. The molecule has 1 saturated heterocycles. The molecule has 1 rings (SSSR count). The van der Waals surface area contributed by atoms with Crippen LogP contribution in [-0.4, -0.2) is 12.6 Å². The van der Waals surface area contributed by atoms with Gasteiger partial charge in [-0.25, -0.2) is 5.32 Å². The van der Waals surface area contributed by atoms with Crippen molar-refractivity contribution in [2.45, 2.75) is 64.3 Å². The van der Waals surface area contributed by atoms with E-state index in [9.17, 15) is 0 Å². The molecular formula is C11H22N. The van der Waals surface area contributed by atoms with Crippen LogP contribution >= 0.6 is 0 Å². The lowest BCUT2D eigenvalue weighted by Crippen LogP contribution is -2.27. The lowest BCUT2D eigenvalue weighted by atomic mass is 9.99. The molecule has 0 saturated carbocycles. The van der Waals surface area contributed by atoms with Gasteiger partial charge < -0.3 is 0 Å². The normalized spacial score (nSPS) is 24.2. The average Bonchev–Trinajstić information content (AvgIpc) is 2.14. The molecule has 1 nitrogen and oxygen atoms in total. The zero-order valence-electron chi connectivity index (χ0n) is 8.39. The predicted molar refractivity (Wildman–Crippen MR) is 53.4 cm³/mol. The molecule has 1 aliphatic heterocycles. The number of unbranched alkanes of at least 4 members (excludes halogenated alkanes) is 3. The molecule has 0 aromatic carbocycles. The van der Waals surface area contributed by atoms with Crippen molar-refractivity contribution in [1.82, 2.24) is 5.32 Å². The molecule has 1 unspecified atom stereocenters. The van der Waals surface area contributed by atoms with Crippen molar-refractivity contribution in [2.75, 3.05) is 6.54 Å². The van der Waals surface area contributed by atoms with Crippen LogP contribution in [0.15, 0.2) is 0 Å². The Hall–Kier alpha value is -0.0400. The Morgan fingerprint density at radius 2 is 2.08 bits per heavy atom. The number of nitrogens with zero attached hydrogens (tertiary/aromatic N) is 1. The highest BCUT2D eigenvalue weighted by atomic mass is 14.9. The maximum absolute atomic E-state index is 4.63. The summed E-state index contributed by atoms with van der Waals surface area (Å²) in [5.74, 6) is 0. The third-order valence-corrected chi connectivity index (χ3v) is 2.72. The summed E-state index contributed by atoms with van der Waals surface area (Å²) in [7, 11) is 0. The Labute approximate surface area is 76.9 Å². The van der Waals surface area contributed by atoms with Gasteiger partial charge in [0.05, 0.1) is 0 Å². The summed E-state index contributed by atoms with van der Waals surface area (Å²) in [5, 5.41) is 4.63. The average molecular weight is 168 g/mol. The van der Waals surface area contributed by atoms with Crippen LogP contribution in [0.1, 0.15) is 58.3 Å². The van der Waals surface area contributed by atoms with E-state index in [-0.39, 0.29) is 0 Å². The minimum absolute atomic E-state index is 0.732. The topological polar surface area (TPSA) is 14.1 Å². The minimum atomic E-state index is 0.732. The van der Waals surface area contributed by atoms with Crippen molar-refractivity contribution in [1.29, 1.82) is 0 Å². The summed E-state index contributed by atoms with van der Waals surface area (Å²) in [5.41, 5.74) is 0. The van der Waals surface area contributed by atoms with Crippen LogP contribution in [0, 0.1) is 0 Å². The second-order valence-corrected chi connectivity index (χ2v) is 3.91. The van der Waals surface area contributed by atoms with Crippen molar-refractivity contribution < 1.29 is 0 Å². The van der Waals surface area contributed by atoms with E-state index in [1.165, 1.54) is 51.4 Å². The number of rotatable bonds is 5. The van der Waals surface area contributed by atoms with Crippen LogP contribution in [0.25, 0.3) is 0 Å². The van der Waals surface area contributed by atoms with Crippen LogP contribution in [0.4, 0.5) is 0 Å². The molecule has 0 spiro atoms. The van der Waals surface area contributed by atoms with Crippen LogP contribution in [-0.2, 0) is 0 Å². The Kier molecular flexibility index (Phi) is 5.42. The first-order chi connectivity index (χ1) is 5.93. The van der Waals surface area contributed by atoms with Gasteiger partial charge in [-0.05, 0) is 19.3 Å². The summed E-state index contributed by atoms with van der Waals surface area (Å²) in [6, 6.07) is 0.732. The maximum atomic E-state index is 4.63. The van der Waals surface area contributed by atoms with Crippen molar-refractivity contribution in [3.05, 3.63) is 0 Å². The van der Waals surface area contributed by atoms with Gasteiger partial charge in [-0.1, -0.05) is 39.0 Å². The third kappa shape index (κ3) is 4.10. The molecule has 1 fully saturated rings. The smallest absolute Gasteiger partial charge is 0.0246 e. The first-order valence-corrected chi connectivity index (χ1v) is 5.60. The van der Waals surface area contributed by atoms with Gasteiger partial charge in [0.15, 0.2) is 0 Å². The third-order valence-electron chi connectivity index (χ3n) is 2.72. The Morgan fingerprint density at radius 3 is 2.75 bits per heavy atom. The van der Waals surface area contributed by atoms with Crippen LogP contribution < -0.4 is 5.32 Å². The summed E-state index contributed by atoms with van der Waals surface area (Å²) in [6.07, 6.45) is 11.1. The molecule has 12 heavy (non-hydrogen) atoms. The van der Waals surface area contributed by atoms with E-state index in [4.69, 9.17) is 0 Å². The molecule has 0 bridgehead atoms. The summed E-state index contributed by atoms with van der Waals surface area (Å²) < 4.78 is 0. The standard InChI is InChI=1S/C11H22N/c1-2-3-4-5-8-11-9-6-7-10-12-11/h11H,2-10H2,1H3. The van der Waals surface area contributed by atoms with Gasteiger partial charge in [0.25, 0.3) is 0 Å². The monoisotopic (exact) mass is 168 g/mol. The molecular weight excluding hydrogens is 146 g/mol. The van der Waals surface area contributed by atoms with E-state index in [0.29, 0.717) is 0 Å². The molecule has 1 aliphatic rings. The Morgan fingerprint density at radius 1 is 1.17 bits per heavy atom. The quantitative estimate of drug-likeness (QED) is 0.560. The van der Waals surface area contributed by atoms with E-state index in [2.05, 4.69) is 12.2 Å². The van der Waals surface area contributed by atoms with Gasteiger partial charge in [-0.3, -0.25) is 0 Å². The van der Waals surface area contributed by atoms with Crippen molar-refractivity contribution in [2.24, 2.45) is 0 Å². The molecule has 71 valence electrons. The maximum Gasteiger partial charge on any atom is 0.0246 e. The van der Waals surface area contributed by atoms with E-state index in [0.717, 1.165) is 12.6 Å². The van der Waals surface area contributed by atoms with Crippen LogP contribution in [0.3, 0.4) is 0 Å². The molecule has 1 atom stereocenters. The second kappa shape index (κ2) is 6.47. The van der Waals surface area contributed by atoms with Crippen molar-refractivity contribution in [3.8, 4) is 0 Å². The van der Waals surface area contributed by atoms with Gasteiger partial charge in [0, 0.05) is 12.6 Å². The molecule has 0 aromatic rings. The van der Waals surface area contributed by atoms with E-state index < -0.39 is 0 Å². The van der Waals surface area contributed by atoms with Crippen molar-refractivity contribution >= 4 is 0 Å². The minimum Gasteiger partial charge on any atom is -0.238 e. The highest BCUT2D eigenvalue weighted by Gasteiger charge is 2.12. The van der Waals surface area contributed by atoms with Crippen LogP contribution in [0.5, 0.6) is 0 Å². The molecule has 0 N–H and O–H groups in total. The molecule has 0 aromatic heterocycles. The second-order valence-electron chi connectivity index (χ2n) is 3.91. The van der Waals surface area contributed by atoms with Crippen molar-refractivity contribution in [3.63, 3.8) is 0 Å². The summed E-state index contributed by atoms with van der Waals surface area (Å²) in [4.78, 5) is 0. The van der Waals surface area contributed by atoms with E-state index in [1.54, 1.807) is 0 Å². The molecule has 1 heterocycles. The summed E-state index contributed by atoms with van der Waals surface area (Å²) in [6.45, 7) is 3.41. The SMILES string of the molecule is CCCCCCC1CCCC[N]1. The zero-order chi connectivity index (χ0) is 8.65. The molecule has 1 heteroatoms. The Bertz CT molecular complexity index is 95.2. The van der Waals surface area contributed by atoms with Crippen LogP contribution in [0.2, 0.25) is 0 Å². The fourth-order valence-corrected chi connectivity index (χ4v) is 1.90. The van der Waals surface area contributed by atoms with Gasteiger partial charge in [0.2, 0.25) is 0 Å². The molecule has 0 aliphatic carbocycles. The predicted octanol–water partition coefficient (Wildman–Crippen LogP) is 3.11. The lowest BCUT2D eigenvalue weighted by molar-refractivity contribution is 0.364. The van der Waals surface area contributed by atoms with Gasteiger partial charge in [-0.15, -0.1) is 0 Å². The lowest BCUT2D eigenvalue weighted by Gasteiger charge is -2.21. The summed E-state index contributed by atoms with van der Waals surface area (Å²) >= 11 is 0. The first-order valence-electron chi connectivity index (χ1n) is 5.60.